The predicted molar refractivity (Wildman–Crippen MR) is 68.1 cm³/mol. The molecule has 0 spiro atoms. The van der Waals surface area contributed by atoms with Crippen LogP contribution in [0.4, 0.5) is 0 Å². The van der Waals surface area contributed by atoms with Gasteiger partial charge in [-0.2, -0.15) is 16.5 Å². The molecule has 1 rings (SSSR count). The molecule has 0 aliphatic rings. The minimum absolute atomic E-state index is 0.129. The molecule has 0 radical (unpaired) electrons. The molecule has 0 fully saturated rings. The van der Waals surface area contributed by atoms with E-state index < -0.39 is 22.0 Å². The summed E-state index contributed by atoms with van der Waals surface area (Å²) in [6, 6.07) is -1.13. The lowest BCUT2D eigenvalue weighted by molar-refractivity contribution is -0.139. The number of nitrogens with zero attached hydrogens (tertiary/aromatic N) is 1. The Morgan fingerprint density at radius 1 is 1.67 bits per heavy atom. The normalized spacial score (nSPS) is 13.4. The molecule has 18 heavy (non-hydrogen) atoms. The molecule has 1 aromatic heterocycles. The lowest BCUT2D eigenvalue weighted by Gasteiger charge is -2.13. The van der Waals surface area contributed by atoms with Crippen LogP contribution in [-0.4, -0.2) is 47.5 Å². The number of rotatable bonds is 7. The van der Waals surface area contributed by atoms with Crippen LogP contribution < -0.4 is 4.72 Å². The Kier molecular flexibility index (Phi) is 5.17. The molecule has 1 heterocycles. The van der Waals surface area contributed by atoms with Gasteiger partial charge >= 0.3 is 5.97 Å². The molecule has 0 amide bonds. The van der Waals surface area contributed by atoms with Gasteiger partial charge in [0.25, 0.3) is 10.0 Å². The van der Waals surface area contributed by atoms with Crippen LogP contribution in [0.25, 0.3) is 0 Å². The number of nitrogens with one attached hydrogen (secondary N) is 2. The van der Waals surface area contributed by atoms with Crippen LogP contribution in [0.1, 0.15) is 12.2 Å². The molecule has 0 saturated carbocycles. The maximum atomic E-state index is 11.9. The van der Waals surface area contributed by atoms with Crippen LogP contribution in [-0.2, 0) is 14.8 Å². The largest absolute Gasteiger partial charge is 0.480 e. The third kappa shape index (κ3) is 4.00. The van der Waals surface area contributed by atoms with E-state index in [4.69, 9.17) is 5.11 Å². The second-order valence-electron chi connectivity index (χ2n) is 3.63. The van der Waals surface area contributed by atoms with Gasteiger partial charge < -0.3 is 10.1 Å². The van der Waals surface area contributed by atoms with Gasteiger partial charge in [0.2, 0.25) is 0 Å². The van der Waals surface area contributed by atoms with Gasteiger partial charge in [0.05, 0.1) is 6.20 Å². The predicted octanol–water partition coefficient (Wildman–Crippen LogP) is 0.203. The summed E-state index contributed by atoms with van der Waals surface area (Å²) in [7, 11) is -3.87. The van der Waals surface area contributed by atoms with Gasteiger partial charge in [0.15, 0.2) is 5.03 Å². The van der Waals surface area contributed by atoms with E-state index in [0.29, 0.717) is 11.6 Å². The van der Waals surface area contributed by atoms with E-state index in [1.54, 1.807) is 6.92 Å². The smallest absolute Gasteiger partial charge is 0.321 e. The van der Waals surface area contributed by atoms with Crippen LogP contribution in [0.5, 0.6) is 0 Å². The van der Waals surface area contributed by atoms with Crippen molar-refractivity contribution in [2.24, 2.45) is 0 Å². The van der Waals surface area contributed by atoms with E-state index in [1.165, 1.54) is 11.8 Å². The van der Waals surface area contributed by atoms with Crippen molar-refractivity contribution in [3.8, 4) is 0 Å². The third-order valence-corrected chi connectivity index (χ3v) is 4.20. The molecule has 7 nitrogen and oxygen atoms in total. The number of aromatic amines is 1. The number of aromatic nitrogens is 2. The Morgan fingerprint density at radius 3 is 2.78 bits per heavy atom. The van der Waals surface area contributed by atoms with Crippen molar-refractivity contribution < 1.29 is 18.3 Å². The zero-order chi connectivity index (χ0) is 13.8. The molecule has 0 aliphatic carbocycles. The molecule has 3 N–H and O–H groups in total. The molecular weight excluding hydrogens is 278 g/mol. The number of hydrogen-bond donors (Lipinski definition) is 3. The van der Waals surface area contributed by atoms with Crippen LogP contribution in [0, 0.1) is 6.92 Å². The summed E-state index contributed by atoms with van der Waals surface area (Å²) < 4.78 is 25.9. The van der Waals surface area contributed by atoms with E-state index in [9.17, 15) is 13.2 Å². The van der Waals surface area contributed by atoms with Crippen LogP contribution in [0.3, 0.4) is 0 Å². The van der Waals surface area contributed by atoms with Gasteiger partial charge in [0.1, 0.15) is 11.9 Å². The van der Waals surface area contributed by atoms with E-state index in [2.05, 4.69) is 14.7 Å². The highest BCUT2D eigenvalue weighted by Crippen LogP contribution is 2.08. The fourth-order valence-corrected chi connectivity index (χ4v) is 2.92. The number of sulfonamides is 1. The third-order valence-electron chi connectivity index (χ3n) is 2.18. The van der Waals surface area contributed by atoms with Gasteiger partial charge in [0, 0.05) is 0 Å². The monoisotopic (exact) mass is 293 g/mol. The number of thioether (sulfide) groups is 1. The SMILES string of the molecule is CSCCC(NS(=O)(=O)c1cnc(C)[nH]1)C(=O)O. The summed E-state index contributed by atoms with van der Waals surface area (Å²) in [6.07, 6.45) is 3.21. The number of H-pyrrole nitrogens is 1. The average molecular weight is 293 g/mol. The van der Waals surface area contributed by atoms with Crippen molar-refractivity contribution in [3.63, 3.8) is 0 Å². The van der Waals surface area contributed by atoms with E-state index in [-0.39, 0.29) is 11.4 Å². The number of carboxylic acid groups (broad SMARTS) is 1. The van der Waals surface area contributed by atoms with Gasteiger partial charge in [-0.15, -0.1) is 0 Å². The first-order valence-electron chi connectivity index (χ1n) is 5.12. The Hall–Kier alpha value is -1.06. The summed E-state index contributed by atoms with van der Waals surface area (Å²) in [5, 5.41) is 8.82. The summed E-state index contributed by atoms with van der Waals surface area (Å²) in [5.41, 5.74) is 0. The van der Waals surface area contributed by atoms with Crippen molar-refractivity contribution in [1.29, 1.82) is 0 Å². The standard InChI is InChI=1S/C9H15N3O4S2/c1-6-10-5-8(11-6)18(15,16)12-7(9(13)14)3-4-17-2/h5,7,12H,3-4H2,1-2H3,(H,10,11)(H,13,14). The lowest BCUT2D eigenvalue weighted by atomic mass is 10.2. The number of carboxylic acids is 1. The zero-order valence-corrected chi connectivity index (χ0v) is 11.6. The minimum atomic E-state index is -3.87. The molecule has 0 saturated heterocycles. The Bertz CT molecular complexity index is 512. The van der Waals surface area contributed by atoms with Gasteiger partial charge in [-0.1, -0.05) is 0 Å². The second kappa shape index (κ2) is 6.21. The maximum Gasteiger partial charge on any atom is 0.321 e. The number of carbonyl (C=O) groups is 1. The van der Waals surface area contributed by atoms with Crippen molar-refractivity contribution in [1.82, 2.24) is 14.7 Å². The highest BCUT2D eigenvalue weighted by atomic mass is 32.2. The molecule has 102 valence electrons. The Balaban J connectivity index is 2.82. The second-order valence-corrected chi connectivity index (χ2v) is 6.29. The first-order valence-corrected chi connectivity index (χ1v) is 8.00. The maximum absolute atomic E-state index is 11.9. The number of aryl methyl sites for hydroxylation is 1. The zero-order valence-electron chi connectivity index (χ0n) is 10.0. The van der Waals surface area contributed by atoms with Gasteiger partial charge in [-0.3, -0.25) is 4.79 Å². The lowest BCUT2D eigenvalue weighted by Crippen LogP contribution is -2.41. The topological polar surface area (TPSA) is 112 Å². The van der Waals surface area contributed by atoms with E-state index in [0.717, 1.165) is 6.20 Å². The van der Waals surface area contributed by atoms with Crippen LogP contribution in [0.15, 0.2) is 11.2 Å². The van der Waals surface area contributed by atoms with Gasteiger partial charge in [-0.05, 0) is 25.4 Å². The van der Waals surface area contributed by atoms with Gasteiger partial charge in [-0.25, -0.2) is 13.4 Å². The molecule has 9 heteroatoms. The highest BCUT2D eigenvalue weighted by Gasteiger charge is 2.26. The fraction of sp³-hybridized carbons (Fsp3) is 0.556. The average Bonchev–Trinajstić information content (AvgIpc) is 2.71. The van der Waals surface area contributed by atoms with Crippen molar-refractivity contribution >= 4 is 27.8 Å². The Morgan fingerprint density at radius 2 is 2.33 bits per heavy atom. The quantitative estimate of drug-likeness (QED) is 0.662. The molecule has 0 aliphatic heterocycles. The molecule has 1 aromatic rings. The Labute approximate surface area is 109 Å². The molecule has 1 unspecified atom stereocenters. The van der Waals surface area contributed by atoms with Crippen LogP contribution >= 0.6 is 11.8 Å². The first kappa shape index (κ1) is 15.0. The summed E-state index contributed by atoms with van der Waals surface area (Å²) in [6.45, 7) is 1.61. The summed E-state index contributed by atoms with van der Waals surface area (Å²) >= 11 is 1.45. The molecule has 0 bridgehead atoms. The highest BCUT2D eigenvalue weighted by molar-refractivity contribution is 7.98. The number of hydrogen-bond acceptors (Lipinski definition) is 5. The molecule has 1 atom stereocenters. The van der Waals surface area contributed by atoms with Crippen LogP contribution in [0.2, 0.25) is 0 Å². The molecular formula is C9H15N3O4S2. The molecule has 0 aromatic carbocycles. The number of imidazole rings is 1. The fourth-order valence-electron chi connectivity index (χ4n) is 1.25. The van der Waals surface area contributed by atoms with Crippen molar-refractivity contribution in [2.75, 3.05) is 12.0 Å². The van der Waals surface area contributed by atoms with Crippen molar-refractivity contribution in [2.45, 2.75) is 24.4 Å². The first-order chi connectivity index (χ1) is 8.36. The number of aliphatic carboxylic acids is 1. The van der Waals surface area contributed by atoms with E-state index >= 15 is 0 Å². The minimum Gasteiger partial charge on any atom is -0.480 e. The summed E-state index contributed by atoms with van der Waals surface area (Å²) in [4.78, 5) is 17.3. The van der Waals surface area contributed by atoms with E-state index in [1.807, 2.05) is 6.26 Å². The van der Waals surface area contributed by atoms with Crippen molar-refractivity contribution in [3.05, 3.63) is 12.0 Å². The summed E-state index contributed by atoms with van der Waals surface area (Å²) in [5.74, 6) is -0.183.